The fourth-order valence-corrected chi connectivity index (χ4v) is 7.16. The lowest BCUT2D eigenvalue weighted by Gasteiger charge is -2.42. The molecule has 3 nitrogen and oxygen atoms in total. The van der Waals surface area contributed by atoms with E-state index in [1.807, 2.05) is 13.8 Å². The molecule has 0 radical (unpaired) electrons. The molecule has 32 heavy (non-hydrogen) atoms. The summed E-state index contributed by atoms with van der Waals surface area (Å²) in [6.07, 6.45) is 22.1. The summed E-state index contributed by atoms with van der Waals surface area (Å²) in [5.74, 6) is 3.92. The molecule has 3 rings (SSSR count). The van der Waals surface area contributed by atoms with Crippen LogP contribution in [0.25, 0.3) is 0 Å². The second-order valence-electron chi connectivity index (χ2n) is 11.6. The van der Waals surface area contributed by atoms with Gasteiger partial charge in [-0.2, -0.15) is 0 Å². The molecule has 184 valence electrons. The van der Waals surface area contributed by atoms with Gasteiger partial charge in [-0.15, -0.1) is 0 Å². The molecular weight excluding hydrogens is 396 g/mol. The van der Waals surface area contributed by atoms with Gasteiger partial charge in [-0.05, 0) is 94.8 Å². The van der Waals surface area contributed by atoms with E-state index in [4.69, 9.17) is 4.74 Å². The Morgan fingerprint density at radius 2 is 1.38 bits per heavy atom. The van der Waals surface area contributed by atoms with E-state index in [-0.39, 0.29) is 11.8 Å². The van der Waals surface area contributed by atoms with Crippen molar-refractivity contribution in [1.82, 2.24) is 0 Å². The van der Waals surface area contributed by atoms with Crippen LogP contribution in [0.1, 0.15) is 130 Å². The van der Waals surface area contributed by atoms with E-state index < -0.39 is 5.41 Å². The van der Waals surface area contributed by atoms with Crippen molar-refractivity contribution in [2.24, 2.45) is 35.0 Å². The molecule has 0 aliphatic heterocycles. The first-order chi connectivity index (χ1) is 15.5. The number of carbonyl (C=O) groups is 2. The van der Waals surface area contributed by atoms with Crippen molar-refractivity contribution in [1.29, 1.82) is 0 Å². The predicted octanol–water partition coefficient (Wildman–Crippen LogP) is 7.90. The van der Waals surface area contributed by atoms with E-state index in [1.54, 1.807) is 0 Å². The summed E-state index contributed by atoms with van der Waals surface area (Å²) in [5.41, 5.74) is -0.891. The average molecular weight is 447 g/mol. The van der Waals surface area contributed by atoms with E-state index in [1.165, 1.54) is 89.9 Å². The second kappa shape index (κ2) is 12.6. The van der Waals surface area contributed by atoms with Crippen molar-refractivity contribution < 1.29 is 14.3 Å². The Morgan fingerprint density at radius 1 is 0.812 bits per heavy atom. The maximum Gasteiger partial charge on any atom is 0.319 e. The first-order valence-corrected chi connectivity index (χ1v) is 14.2. The number of ether oxygens (including phenoxy) is 1. The van der Waals surface area contributed by atoms with Crippen molar-refractivity contribution in [2.45, 2.75) is 130 Å². The number of carbonyl (C=O) groups excluding carboxylic acids is 2. The summed E-state index contributed by atoms with van der Waals surface area (Å²) >= 11 is 0. The number of rotatable bonds is 10. The van der Waals surface area contributed by atoms with Crippen LogP contribution in [0.15, 0.2) is 0 Å². The molecule has 3 saturated carbocycles. The number of hydrogen-bond donors (Lipinski definition) is 0. The largest absolute Gasteiger partial charge is 0.465 e. The lowest BCUT2D eigenvalue weighted by Crippen LogP contribution is -2.44. The van der Waals surface area contributed by atoms with E-state index >= 15 is 0 Å². The fourth-order valence-electron chi connectivity index (χ4n) is 7.16. The minimum absolute atomic E-state index is 0.127. The molecule has 0 saturated heterocycles. The van der Waals surface area contributed by atoms with E-state index in [0.29, 0.717) is 31.3 Å². The number of unbranched alkanes of at least 4 members (excludes halogenated alkanes) is 4. The highest BCUT2D eigenvalue weighted by Gasteiger charge is 2.47. The maximum absolute atomic E-state index is 12.9. The Labute approximate surface area is 197 Å². The molecule has 3 heteroatoms. The molecule has 0 spiro atoms. The van der Waals surface area contributed by atoms with E-state index in [0.717, 1.165) is 24.2 Å². The lowest BCUT2D eigenvalue weighted by molar-refractivity contribution is -0.162. The molecule has 2 atom stereocenters. The topological polar surface area (TPSA) is 43.4 Å². The van der Waals surface area contributed by atoms with Crippen LogP contribution in [0, 0.1) is 35.0 Å². The summed E-state index contributed by atoms with van der Waals surface area (Å²) in [6.45, 7) is 6.28. The maximum atomic E-state index is 12.9. The summed E-state index contributed by atoms with van der Waals surface area (Å²) < 4.78 is 5.20. The average Bonchev–Trinajstić information content (AvgIpc) is 2.81. The smallest absolute Gasteiger partial charge is 0.319 e. The normalized spacial score (nSPS) is 36.1. The number of esters is 1. The third-order valence-corrected chi connectivity index (χ3v) is 9.56. The highest BCUT2D eigenvalue weighted by Crippen LogP contribution is 2.47. The van der Waals surface area contributed by atoms with Gasteiger partial charge in [-0.1, -0.05) is 58.3 Å². The van der Waals surface area contributed by atoms with Crippen molar-refractivity contribution in [2.75, 3.05) is 6.61 Å². The van der Waals surface area contributed by atoms with Crippen molar-refractivity contribution >= 4 is 11.8 Å². The predicted molar refractivity (Wildman–Crippen MR) is 131 cm³/mol. The molecule has 0 amide bonds. The first kappa shape index (κ1) is 25.8. The van der Waals surface area contributed by atoms with Crippen LogP contribution >= 0.6 is 0 Å². The van der Waals surface area contributed by atoms with Gasteiger partial charge in [0.2, 0.25) is 0 Å². The molecule has 3 fully saturated rings. The molecule has 0 heterocycles. The SMILES string of the molecule is CCCCCCC[C@H]1CC[C@H](C2CCC([C@@H]3CC[C@](C)(C(=O)OCC)C(=O)C3)CC2)CC1. The number of Topliss-reactive ketones (excluding diaryl/α,β-unsaturated/α-hetero) is 1. The van der Waals surface area contributed by atoms with Crippen LogP contribution in [0.5, 0.6) is 0 Å². The zero-order valence-electron chi connectivity index (χ0n) is 21.3. The van der Waals surface area contributed by atoms with Gasteiger partial charge in [0.25, 0.3) is 0 Å². The summed E-state index contributed by atoms with van der Waals surface area (Å²) in [4.78, 5) is 25.2. The second-order valence-corrected chi connectivity index (χ2v) is 11.6. The molecule has 0 unspecified atom stereocenters. The summed E-state index contributed by atoms with van der Waals surface area (Å²) in [7, 11) is 0. The first-order valence-electron chi connectivity index (χ1n) is 14.2. The van der Waals surface area contributed by atoms with E-state index in [2.05, 4.69) is 6.92 Å². The van der Waals surface area contributed by atoms with E-state index in [9.17, 15) is 9.59 Å². The van der Waals surface area contributed by atoms with Gasteiger partial charge in [0.05, 0.1) is 6.61 Å². The molecule has 0 aromatic heterocycles. The standard InChI is InChI=1S/C29H50O3/c1-4-6-7-8-9-10-22-11-13-23(14-12-22)24-15-17-25(18-16-24)26-19-20-29(3,27(30)21-26)28(31)32-5-2/h22-26H,4-21H2,1-3H3/t22-,23-,24?,25?,26-,29+/m1/s1. The highest BCUT2D eigenvalue weighted by atomic mass is 16.5. The zero-order valence-corrected chi connectivity index (χ0v) is 21.3. The summed E-state index contributed by atoms with van der Waals surface area (Å²) in [6, 6.07) is 0. The Hall–Kier alpha value is -0.860. The molecule has 0 bridgehead atoms. The quantitative estimate of drug-likeness (QED) is 0.194. The number of hydrogen-bond acceptors (Lipinski definition) is 3. The Bertz CT molecular complexity index is 583. The molecule has 3 aliphatic rings. The summed E-state index contributed by atoms with van der Waals surface area (Å²) in [5, 5.41) is 0. The van der Waals surface area contributed by atoms with Gasteiger partial charge >= 0.3 is 5.97 Å². The van der Waals surface area contributed by atoms with Crippen LogP contribution in [0.4, 0.5) is 0 Å². The van der Waals surface area contributed by atoms with Crippen LogP contribution in [0.3, 0.4) is 0 Å². The van der Waals surface area contributed by atoms with Crippen LogP contribution in [-0.2, 0) is 14.3 Å². The van der Waals surface area contributed by atoms with Gasteiger partial charge in [0, 0.05) is 6.42 Å². The third kappa shape index (κ3) is 6.60. The Morgan fingerprint density at radius 3 is 1.94 bits per heavy atom. The molecular formula is C29H50O3. The van der Waals surface area contributed by atoms with Gasteiger partial charge in [0.1, 0.15) is 11.2 Å². The monoisotopic (exact) mass is 446 g/mol. The third-order valence-electron chi connectivity index (χ3n) is 9.56. The zero-order chi connectivity index (χ0) is 23.0. The van der Waals surface area contributed by atoms with Crippen LogP contribution in [0.2, 0.25) is 0 Å². The molecule has 3 aliphatic carbocycles. The minimum Gasteiger partial charge on any atom is -0.465 e. The molecule has 0 aromatic carbocycles. The van der Waals surface area contributed by atoms with Crippen LogP contribution < -0.4 is 0 Å². The molecule has 0 aromatic rings. The van der Waals surface area contributed by atoms with Crippen LogP contribution in [-0.4, -0.2) is 18.4 Å². The lowest BCUT2D eigenvalue weighted by atomic mass is 9.62. The number of ketones is 1. The van der Waals surface area contributed by atoms with Gasteiger partial charge in [-0.3, -0.25) is 9.59 Å². The van der Waals surface area contributed by atoms with Gasteiger partial charge in [-0.25, -0.2) is 0 Å². The molecule has 0 N–H and O–H groups in total. The Balaban J connectivity index is 1.35. The van der Waals surface area contributed by atoms with Crippen molar-refractivity contribution in [3.63, 3.8) is 0 Å². The Kier molecular flexibility index (Phi) is 10.1. The van der Waals surface area contributed by atoms with Gasteiger partial charge < -0.3 is 4.74 Å². The van der Waals surface area contributed by atoms with Crippen molar-refractivity contribution in [3.05, 3.63) is 0 Å². The fraction of sp³-hybridized carbons (Fsp3) is 0.931. The minimum atomic E-state index is -0.891. The van der Waals surface area contributed by atoms with Gasteiger partial charge in [0.15, 0.2) is 0 Å². The van der Waals surface area contributed by atoms with Crippen molar-refractivity contribution in [3.8, 4) is 0 Å². The highest BCUT2D eigenvalue weighted by molar-refractivity contribution is 6.03.